The Hall–Kier alpha value is -1.47. The van der Waals surface area contributed by atoms with Gasteiger partial charge in [0.25, 0.3) is 5.91 Å². The summed E-state index contributed by atoms with van der Waals surface area (Å²) in [5.41, 5.74) is 6.21. The molecule has 6 nitrogen and oxygen atoms in total. The Balaban J connectivity index is 2.41. The molecule has 1 aromatic heterocycles. The molecule has 0 spiro atoms. The summed E-state index contributed by atoms with van der Waals surface area (Å²) < 4.78 is 11.3. The van der Waals surface area contributed by atoms with Gasteiger partial charge in [-0.05, 0) is 20.8 Å². The number of nitrogens with zero attached hydrogens (tertiary/aromatic N) is 1. The first-order valence-electron chi connectivity index (χ1n) is 6.90. The van der Waals surface area contributed by atoms with Gasteiger partial charge in [0.15, 0.2) is 5.75 Å². The highest BCUT2D eigenvalue weighted by atomic mass is 32.1. The lowest BCUT2D eigenvalue weighted by Gasteiger charge is -2.42. The quantitative estimate of drug-likeness (QED) is 0.888. The van der Waals surface area contributed by atoms with Crippen molar-refractivity contribution < 1.29 is 14.3 Å². The number of carbonyl (C=O) groups is 1. The van der Waals surface area contributed by atoms with Crippen molar-refractivity contribution in [3.05, 3.63) is 4.88 Å². The van der Waals surface area contributed by atoms with Crippen LogP contribution < -0.4 is 20.7 Å². The van der Waals surface area contributed by atoms with Gasteiger partial charge < -0.3 is 25.4 Å². The molecule has 1 aromatic rings. The Morgan fingerprint density at radius 3 is 2.76 bits per heavy atom. The molecule has 2 rings (SSSR count). The van der Waals surface area contributed by atoms with Crippen molar-refractivity contribution >= 4 is 27.9 Å². The van der Waals surface area contributed by atoms with Gasteiger partial charge in [0.05, 0.1) is 18.8 Å². The highest BCUT2D eigenvalue weighted by Gasteiger charge is 2.35. The molecule has 1 unspecified atom stereocenters. The first-order chi connectivity index (χ1) is 9.79. The van der Waals surface area contributed by atoms with E-state index in [-0.39, 0.29) is 17.6 Å². The fourth-order valence-electron chi connectivity index (χ4n) is 2.71. The van der Waals surface area contributed by atoms with Crippen LogP contribution in [0.4, 0.5) is 10.7 Å². The zero-order valence-corrected chi connectivity index (χ0v) is 14.0. The largest absolute Gasteiger partial charge is 0.492 e. The second-order valence-corrected chi connectivity index (χ2v) is 6.83. The van der Waals surface area contributed by atoms with Crippen molar-refractivity contribution in [3.63, 3.8) is 0 Å². The molecule has 1 fully saturated rings. The molecule has 1 aliphatic rings. The molecule has 1 saturated heterocycles. The number of morpholine rings is 1. The molecule has 0 saturated carbocycles. The van der Waals surface area contributed by atoms with Crippen molar-refractivity contribution in [2.75, 3.05) is 37.9 Å². The van der Waals surface area contributed by atoms with Crippen LogP contribution in [0.25, 0.3) is 0 Å². The molecule has 0 aliphatic carbocycles. The molecule has 0 aromatic carbocycles. The second-order valence-electron chi connectivity index (χ2n) is 5.83. The van der Waals surface area contributed by atoms with Crippen LogP contribution in [0, 0.1) is 0 Å². The maximum absolute atomic E-state index is 11.9. The van der Waals surface area contributed by atoms with Crippen molar-refractivity contribution in [2.24, 2.45) is 0 Å². The maximum atomic E-state index is 11.9. The summed E-state index contributed by atoms with van der Waals surface area (Å²) in [5.74, 6) is 0.381. The minimum atomic E-state index is -0.255. The number of hydrogen-bond acceptors (Lipinski definition) is 6. The van der Waals surface area contributed by atoms with Crippen LogP contribution in [-0.4, -0.2) is 44.9 Å². The highest BCUT2D eigenvalue weighted by Crippen LogP contribution is 2.46. The molecule has 21 heavy (non-hydrogen) atoms. The van der Waals surface area contributed by atoms with E-state index in [1.807, 2.05) is 6.92 Å². The van der Waals surface area contributed by atoms with Crippen LogP contribution in [0.1, 0.15) is 30.4 Å². The maximum Gasteiger partial charge on any atom is 0.263 e. The predicted octanol–water partition coefficient (Wildman–Crippen LogP) is 1.70. The number of amides is 1. The van der Waals surface area contributed by atoms with Crippen LogP contribution in [-0.2, 0) is 4.74 Å². The van der Waals surface area contributed by atoms with E-state index in [2.05, 4.69) is 24.1 Å². The number of carbonyl (C=O) groups excluding carboxylic acids is 1. The number of ether oxygens (including phenoxy) is 2. The topological polar surface area (TPSA) is 76.8 Å². The van der Waals surface area contributed by atoms with E-state index in [0.717, 1.165) is 18.1 Å². The normalized spacial score (nSPS) is 21.2. The van der Waals surface area contributed by atoms with Crippen LogP contribution in [0.15, 0.2) is 0 Å². The second kappa shape index (κ2) is 5.73. The number of hydrogen-bond donors (Lipinski definition) is 2. The summed E-state index contributed by atoms with van der Waals surface area (Å²) in [5, 5.41) is 3.49. The number of nitrogen functional groups attached to an aromatic ring is 1. The molecule has 7 heteroatoms. The number of nitrogens with two attached hydrogens (primary N) is 1. The SMILES string of the molecule is CNC(=O)c1sc(N2CC(C)OC(C)(C)C2)c(OC)c1N. The molecule has 1 aliphatic heterocycles. The van der Waals surface area contributed by atoms with Gasteiger partial charge in [-0.2, -0.15) is 0 Å². The summed E-state index contributed by atoms with van der Waals surface area (Å²) in [4.78, 5) is 14.6. The van der Waals surface area contributed by atoms with E-state index in [4.69, 9.17) is 15.2 Å². The van der Waals surface area contributed by atoms with Crippen molar-refractivity contribution in [1.82, 2.24) is 5.32 Å². The monoisotopic (exact) mass is 313 g/mol. The third kappa shape index (κ3) is 3.08. The molecule has 1 amide bonds. The third-order valence-electron chi connectivity index (χ3n) is 3.38. The van der Waals surface area contributed by atoms with Crippen molar-refractivity contribution in [3.8, 4) is 5.75 Å². The van der Waals surface area contributed by atoms with Gasteiger partial charge in [-0.3, -0.25) is 4.79 Å². The molecular weight excluding hydrogens is 290 g/mol. The molecule has 118 valence electrons. The van der Waals surface area contributed by atoms with Gasteiger partial charge in [-0.1, -0.05) is 0 Å². The number of anilines is 2. The first kappa shape index (κ1) is 15.9. The predicted molar refractivity (Wildman–Crippen MR) is 85.5 cm³/mol. The first-order valence-corrected chi connectivity index (χ1v) is 7.71. The van der Waals surface area contributed by atoms with Crippen LogP contribution in [0.5, 0.6) is 5.75 Å². The Bertz CT molecular complexity index is 542. The minimum Gasteiger partial charge on any atom is -0.492 e. The zero-order valence-electron chi connectivity index (χ0n) is 13.1. The lowest BCUT2D eigenvalue weighted by Crippen LogP contribution is -2.51. The minimum absolute atomic E-state index is 0.102. The average Bonchev–Trinajstić information content (AvgIpc) is 2.72. The van der Waals surface area contributed by atoms with Gasteiger partial charge in [0.1, 0.15) is 15.6 Å². The number of nitrogens with one attached hydrogen (secondary N) is 1. The lowest BCUT2D eigenvalue weighted by atomic mass is 10.1. The van der Waals surface area contributed by atoms with Gasteiger partial charge in [0, 0.05) is 20.1 Å². The van der Waals surface area contributed by atoms with E-state index in [0.29, 0.717) is 16.3 Å². The Morgan fingerprint density at radius 1 is 1.57 bits per heavy atom. The molecule has 2 heterocycles. The Labute approximate surface area is 129 Å². The summed E-state index contributed by atoms with van der Waals surface area (Å²) in [6, 6.07) is 0. The van der Waals surface area contributed by atoms with Crippen molar-refractivity contribution in [2.45, 2.75) is 32.5 Å². The van der Waals surface area contributed by atoms with Crippen molar-refractivity contribution in [1.29, 1.82) is 0 Å². The summed E-state index contributed by atoms with van der Waals surface area (Å²) in [7, 11) is 3.16. The standard InChI is InChI=1S/C14H23N3O3S/c1-8-6-17(7-14(2,3)20-8)13-10(19-5)9(15)11(21-13)12(18)16-4/h8H,6-7,15H2,1-5H3,(H,16,18). The highest BCUT2D eigenvalue weighted by molar-refractivity contribution is 7.19. The lowest BCUT2D eigenvalue weighted by molar-refractivity contribution is -0.0748. The van der Waals surface area contributed by atoms with E-state index in [1.165, 1.54) is 11.3 Å². The van der Waals surface area contributed by atoms with Gasteiger partial charge in [-0.15, -0.1) is 11.3 Å². The molecular formula is C14H23N3O3S. The van der Waals surface area contributed by atoms with Gasteiger partial charge >= 0.3 is 0 Å². The van der Waals surface area contributed by atoms with E-state index in [9.17, 15) is 4.79 Å². The smallest absolute Gasteiger partial charge is 0.263 e. The van der Waals surface area contributed by atoms with Crippen LogP contribution in [0.2, 0.25) is 0 Å². The van der Waals surface area contributed by atoms with Gasteiger partial charge in [-0.25, -0.2) is 0 Å². The fourth-order valence-corrected chi connectivity index (χ4v) is 3.86. The zero-order chi connectivity index (χ0) is 15.8. The fraction of sp³-hybridized carbons (Fsp3) is 0.643. The van der Waals surface area contributed by atoms with Crippen LogP contribution in [0.3, 0.4) is 0 Å². The summed E-state index contributed by atoms with van der Waals surface area (Å²) >= 11 is 1.36. The Morgan fingerprint density at radius 2 is 2.24 bits per heavy atom. The van der Waals surface area contributed by atoms with Gasteiger partial charge in [0.2, 0.25) is 0 Å². The van der Waals surface area contributed by atoms with E-state index in [1.54, 1.807) is 14.2 Å². The summed E-state index contributed by atoms with van der Waals surface area (Å²) in [6.07, 6.45) is 0.102. The number of thiophene rings is 1. The average molecular weight is 313 g/mol. The third-order valence-corrected chi connectivity index (χ3v) is 4.62. The molecule has 0 bridgehead atoms. The molecule has 0 radical (unpaired) electrons. The van der Waals surface area contributed by atoms with Crippen LogP contribution >= 0.6 is 11.3 Å². The van der Waals surface area contributed by atoms with E-state index < -0.39 is 0 Å². The molecule has 3 N–H and O–H groups in total. The molecule has 1 atom stereocenters. The summed E-state index contributed by atoms with van der Waals surface area (Å²) in [6.45, 7) is 7.61. The van der Waals surface area contributed by atoms with E-state index >= 15 is 0 Å². The number of rotatable bonds is 3. The Kier molecular flexibility index (Phi) is 4.34. The number of methoxy groups -OCH3 is 1.